The van der Waals surface area contributed by atoms with E-state index < -0.39 is 35.2 Å². The second-order valence-electron chi connectivity index (χ2n) is 3.53. The fraction of sp³-hybridized carbons (Fsp3) is 0.875. The average molecular weight is 326 g/mol. The minimum Gasteiger partial charge on any atom is -0.469 e. The van der Waals surface area contributed by atoms with Crippen LogP contribution >= 0.6 is 12.4 Å². The Morgan fingerprint density at radius 1 is 1.47 bits per heavy atom. The van der Waals surface area contributed by atoms with Crippen LogP contribution in [0.3, 0.4) is 0 Å². The maximum atomic E-state index is 12.8. The molecule has 0 aliphatic rings. The quantitative estimate of drug-likeness (QED) is 0.576. The Balaban J connectivity index is 0. The van der Waals surface area contributed by atoms with Gasteiger partial charge in [-0.2, -0.15) is 17.4 Å². The van der Waals surface area contributed by atoms with Crippen molar-refractivity contribution in [3.05, 3.63) is 0 Å². The third-order valence-electron chi connectivity index (χ3n) is 2.08. The molecule has 19 heavy (non-hydrogen) atoms. The van der Waals surface area contributed by atoms with Gasteiger partial charge in [-0.3, -0.25) is 4.79 Å². The Hall–Kier alpha value is -0.550. The molecule has 7 nitrogen and oxygen atoms in total. The Labute approximate surface area is 117 Å². The summed E-state index contributed by atoms with van der Waals surface area (Å²) in [7, 11) is -1.75. The molecule has 0 bridgehead atoms. The van der Waals surface area contributed by atoms with Crippen LogP contribution in [-0.2, 0) is 19.7 Å². The highest BCUT2D eigenvalue weighted by atomic mass is 35.5. The molecule has 0 saturated carbocycles. The maximum absolute atomic E-state index is 12.8. The number of rotatable bonds is 8. The Morgan fingerprint density at radius 2 is 2.00 bits per heavy atom. The second kappa shape index (κ2) is 8.59. The predicted octanol–water partition coefficient (Wildman–Crippen LogP) is -0.668. The number of methoxy groups -OCH3 is 1. The summed E-state index contributed by atoms with van der Waals surface area (Å²) < 4.78 is 55.3. The van der Waals surface area contributed by atoms with Gasteiger partial charge < -0.3 is 10.5 Å². The van der Waals surface area contributed by atoms with E-state index in [-0.39, 0.29) is 25.4 Å². The van der Waals surface area contributed by atoms with Crippen LogP contribution in [0.5, 0.6) is 0 Å². The molecule has 0 spiro atoms. The van der Waals surface area contributed by atoms with Gasteiger partial charge in [0.15, 0.2) is 0 Å². The van der Waals surface area contributed by atoms with Gasteiger partial charge in [-0.05, 0) is 0 Å². The summed E-state index contributed by atoms with van der Waals surface area (Å²) in [6.45, 7) is -2.22. The van der Waals surface area contributed by atoms with E-state index in [0.717, 1.165) is 18.5 Å². The van der Waals surface area contributed by atoms with Gasteiger partial charge >= 0.3 is 5.97 Å². The van der Waals surface area contributed by atoms with Gasteiger partial charge in [0, 0.05) is 13.6 Å². The van der Waals surface area contributed by atoms with E-state index in [1.165, 1.54) is 0 Å². The largest absolute Gasteiger partial charge is 0.469 e. The summed E-state index contributed by atoms with van der Waals surface area (Å²) in [6.07, 6.45) is -0.165. The molecule has 11 heteroatoms. The normalized spacial score (nSPS) is 12.1. The lowest BCUT2D eigenvalue weighted by molar-refractivity contribution is -0.140. The van der Waals surface area contributed by atoms with Crippen LogP contribution in [0, 0.1) is 0 Å². The molecule has 0 aromatic rings. The summed E-state index contributed by atoms with van der Waals surface area (Å²) in [5.74, 6) is -3.90. The van der Waals surface area contributed by atoms with Crippen molar-refractivity contribution in [1.29, 1.82) is 0 Å². The topological polar surface area (TPSA) is 102 Å². The SMILES string of the molecule is COC(=O)CCN(C)S(=O)(=O)NCC(F)(F)CN.Cl. The van der Waals surface area contributed by atoms with Crippen LogP contribution in [0.25, 0.3) is 0 Å². The highest BCUT2D eigenvalue weighted by Gasteiger charge is 2.30. The van der Waals surface area contributed by atoms with Crippen molar-refractivity contribution < 1.29 is 26.7 Å². The fourth-order valence-corrected chi connectivity index (χ4v) is 1.80. The molecule has 3 N–H and O–H groups in total. The second-order valence-corrected chi connectivity index (χ2v) is 5.40. The first-order chi connectivity index (χ1) is 8.14. The van der Waals surface area contributed by atoms with E-state index >= 15 is 0 Å². The van der Waals surface area contributed by atoms with Crippen LogP contribution in [0.2, 0.25) is 0 Å². The van der Waals surface area contributed by atoms with Crippen molar-refractivity contribution in [2.75, 3.05) is 33.8 Å². The predicted molar refractivity (Wildman–Crippen MR) is 67.4 cm³/mol. The molecule has 0 aliphatic heterocycles. The number of hydrogen-bond donors (Lipinski definition) is 2. The van der Waals surface area contributed by atoms with Gasteiger partial charge in [-0.15, -0.1) is 12.4 Å². The molecule has 0 atom stereocenters. The molecule has 0 fully saturated rings. The van der Waals surface area contributed by atoms with E-state index in [2.05, 4.69) is 4.74 Å². The molecule has 0 aromatic heterocycles. The Bertz CT molecular complexity index is 380. The zero-order valence-electron chi connectivity index (χ0n) is 10.6. The Kier molecular flexibility index (Phi) is 9.38. The van der Waals surface area contributed by atoms with Crippen LogP contribution in [-0.4, -0.2) is 58.4 Å². The third kappa shape index (κ3) is 8.26. The molecule has 0 aromatic carbocycles. The number of carbonyl (C=O) groups excluding carboxylic acids is 1. The lowest BCUT2D eigenvalue weighted by atomic mass is 10.3. The van der Waals surface area contributed by atoms with Crippen molar-refractivity contribution >= 4 is 28.6 Å². The number of hydrogen-bond acceptors (Lipinski definition) is 5. The Morgan fingerprint density at radius 3 is 2.42 bits per heavy atom. The first kappa shape index (κ1) is 20.8. The van der Waals surface area contributed by atoms with Gasteiger partial charge in [0.05, 0.1) is 26.6 Å². The van der Waals surface area contributed by atoms with Crippen molar-refractivity contribution in [2.24, 2.45) is 5.73 Å². The molecular weight excluding hydrogens is 308 g/mol. The number of halogens is 3. The molecule has 0 amide bonds. The first-order valence-corrected chi connectivity index (χ1v) is 6.44. The van der Waals surface area contributed by atoms with Gasteiger partial charge in [0.1, 0.15) is 0 Å². The van der Waals surface area contributed by atoms with Crippen LogP contribution in [0.4, 0.5) is 8.78 Å². The zero-order chi connectivity index (χ0) is 14.4. The van der Waals surface area contributed by atoms with Gasteiger partial charge in [-0.25, -0.2) is 8.78 Å². The molecule has 0 heterocycles. The minimum atomic E-state index is -4.07. The molecular formula is C8H18ClF2N3O4S. The highest BCUT2D eigenvalue weighted by molar-refractivity contribution is 7.87. The van der Waals surface area contributed by atoms with Crippen LogP contribution < -0.4 is 10.5 Å². The van der Waals surface area contributed by atoms with Gasteiger partial charge in [0.2, 0.25) is 0 Å². The monoisotopic (exact) mass is 325 g/mol. The van der Waals surface area contributed by atoms with Crippen molar-refractivity contribution in [3.63, 3.8) is 0 Å². The standard InChI is InChI=1S/C8H17F2N3O4S.ClH/c1-13(4-3-7(14)17-2)18(15,16)12-6-8(9,10)5-11;/h12H,3-6,11H2,1-2H3;1H. The molecule has 0 radical (unpaired) electrons. The number of ether oxygens (including phenoxy) is 1. The van der Waals surface area contributed by atoms with E-state index in [9.17, 15) is 22.0 Å². The fourth-order valence-electron chi connectivity index (χ4n) is 0.850. The number of nitrogens with one attached hydrogen (secondary N) is 1. The highest BCUT2D eigenvalue weighted by Crippen LogP contribution is 2.10. The summed E-state index contributed by atoms with van der Waals surface area (Å²) in [4.78, 5) is 10.8. The maximum Gasteiger partial charge on any atom is 0.306 e. The van der Waals surface area contributed by atoms with E-state index in [4.69, 9.17) is 5.73 Å². The summed E-state index contributed by atoms with van der Waals surface area (Å²) in [6, 6.07) is 0. The number of esters is 1. The summed E-state index contributed by atoms with van der Waals surface area (Å²) in [5.41, 5.74) is 4.77. The molecule has 0 saturated heterocycles. The van der Waals surface area contributed by atoms with E-state index in [1.54, 1.807) is 4.72 Å². The molecule has 0 unspecified atom stereocenters. The number of nitrogens with two attached hydrogens (primary N) is 1. The summed E-state index contributed by atoms with van der Waals surface area (Å²) in [5, 5.41) is 0. The number of alkyl halides is 2. The van der Waals surface area contributed by atoms with Crippen molar-refractivity contribution in [1.82, 2.24) is 9.03 Å². The lowest BCUT2D eigenvalue weighted by Gasteiger charge is -2.20. The number of carbonyl (C=O) groups is 1. The van der Waals surface area contributed by atoms with Gasteiger partial charge in [-0.1, -0.05) is 0 Å². The lowest BCUT2D eigenvalue weighted by Crippen LogP contribution is -2.46. The first-order valence-electron chi connectivity index (χ1n) is 5.00. The van der Waals surface area contributed by atoms with E-state index in [1.807, 2.05) is 0 Å². The molecule has 0 rings (SSSR count). The third-order valence-corrected chi connectivity index (χ3v) is 3.59. The van der Waals surface area contributed by atoms with Crippen molar-refractivity contribution in [3.8, 4) is 0 Å². The van der Waals surface area contributed by atoms with Gasteiger partial charge in [0.25, 0.3) is 16.1 Å². The minimum absolute atomic E-state index is 0. The van der Waals surface area contributed by atoms with Crippen LogP contribution in [0.1, 0.15) is 6.42 Å². The van der Waals surface area contributed by atoms with Crippen LogP contribution in [0.15, 0.2) is 0 Å². The summed E-state index contributed by atoms with van der Waals surface area (Å²) >= 11 is 0. The van der Waals surface area contributed by atoms with Crippen molar-refractivity contribution in [2.45, 2.75) is 12.3 Å². The average Bonchev–Trinajstić information content (AvgIpc) is 2.33. The van der Waals surface area contributed by atoms with E-state index in [0.29, 0.717) is 0 Å². The number of nitrogens with zero attached hydrogens (tertiary/aromatic N) is 1. The molecule has 0 aliphatic carbocycles. The zero-order valence-corrected chi connectivity index (χ0v) is 12.2. The smallest absolute Gasteiger partial charge is 0.306 e. The molecule has 116 valence electrons.